The van der Waals surface area contributed by atoms with Crippen LogP contribution in [0, 0.1) is 5.92 Å². The Hall–Kier alpha value is -2.33. The van der Waals surface area contributed by atoms with Crippen molar-refractivity contribution < 1.29 is 4.79 Å². The zero-order chi connectivity index (χ0) is 16.1. The first-order valence-corrected chi connectivity index (χ1v) is 8.18. The lowest BCUT2D eigenvalue weighted by Gasteiger charge is -2.22. The lowest BCUT2D eigenvalue weighted by molar-refractivity contribution is 0.102. The Morgan fingerprint density at radius 3 is 2.48 bits per heavy atom. The van der Waals surface area contributed by atoms with E-state index in [0.717, 1.165) is 25.4 Å². The van der Waals surface area contributed by atoms with Gasteiger partial charge >= 0.3 is 0 Å². The van der Waals surface area contributed by atoms with Crippen LogP contribution in [0.1, 0.15) is 28.8 Å². The molecule has 2 aromatic carbocycles. The fraction of sp³-hybridized carbons (Fsp3) is 0.316. The summed E-state index contributed by atoms with van der Waals surface area (Å²) in [5.74, 6) is 0.622. The Morgan fingerprint density at radius 2 is 1.78 bits per heavy atom. The molecule has 1 aliphatic heterocycles. The number of carbonyl (C=O) groups excluding carboxylic acids is 1. The average Bonchev–Trinajstić information content (AvgIpc) is 2.58. The highest BCUT2D eigenvalue weighted by Gasteiger charge is 2.14. The smallest absolute Gasteiger partial charge is 0.255 e. The van der Waals surface area contributed by atoms with E-state index in [1.165, 1.54) is 18.4 Å². The van der Waals surface area contributed by atoms with Crippen LogP contribution in [0.5, 0.6) is 0 Å². The third-order valence-electron chi connectivity index (χ3n) is 4.41. The maximum atomic E-state index is 12.3. The van der Waals surface area contributed by atoms with Gasteiger partial charge in [-0.1, -0.05) is 24.3 Å². The van der Waals surface area contributed by atoms with Gasteiger partial charge in [-0.3, -0.25) is 4.79 Å². The number of nitrogens with two attached hydrogens (primary N) is 1. The van der Waals surface area contributed by atoms with E-state index in [9.17, 15) is 4.79 Å². The summed E-state index contributed by atoms with van der Waals surface area (Å²) in [5.41, 5.74) is 9.03. The first kappa shape index (κ1) is 15.6. The van der Waals surface area contributed by atoms with Gasteiger partial charge < -0.3 is 16.4 Å². The molecule has 2 aromatic rings. The summed E-state index contributed by atoms with van der Waals surface area (Å²) in [4.78, 5) is 12.3. The van der Waals surface area contributed by atoms with Crippen LogP contribution in [0.2, 0.25) is 0 Å². The maximum absolute atomic E-state index is 12.3. The van der Waals surface area contributed by atoms with Crippen molar-refractivity contribution in [2.24, 2.45) is 5.92 Å². The van der Waals surface area contributed by atoms with Gasteiger partial charge in [0.1, 0.15) is 0 Å². The van der Waals surface area contributed by atoms with Gasteiger partial charge in [0, 0.05) is 5.56 Å². The highest BCUT2D eigenvalue weighted by atomic mass is 16.1. The van der Waals surface area contributed by atoms with E-state index < -0.39 is 0 Å². The van der Waals surface area contributed by atoms with E-state index in [1.54, 1.807) is 12.1 Å². The molecule has 4 N–H and O–H groups in total. The lowest BCUT2D eigenvalue weighted by atomic mass is 9.91. The maximum Gasteiger partial charge on any atom is 0.255 e. The minimum atomic E-state index is -0.128. The molecular weight excluding hydrogens is 286 g/mol. The zero-order valence-electron chi connectivity index (χ0n) is 13.2. The molecular formula is C19H23N3O. The molecule has 1 heterocycles. The van der Waals surface area contributed by atoms with E-state index >= 15 is 0 Å². The van der Waals surface area contributed by atoms with Gasteiger partial charge in [-0.05, 0) is 68.1 Å². The van der Waals surface area contributed by atoms with E-state index in [-0.39, 0.29) is 5.91 Å². The quantitative estimate of drug-likeness (QED) is 0.760. The van der Waals surface area contributed by atoms with Crippen LogP contribution in [-0.4, -0.2) is 19.0 Å². The Labute approximate surface area is 137 Å². The Bertz CT molecular complexity index is 661. The number of nitrogen functional groups attached to an aromatic ring is 1. The van der Waals surface area contributed by atoms with Gasteiger partial charge in [0.05, 0.1) is 11.4 Å². The number of rotatable bonds is 4. The molecule has 120 valence electrons. The largest absolute Gasteiger partial charge is 0.397 e. The molecule has 23 heavy (non-hydrogen) atoms. The predicted molar refractivity (Wildman–Crippen MR) is 94.5 cm³/mol. The highest BCUT2D eigenvalue weighted by molar-refractivity contribution is 6.05. The minimum Gasteiger partial charge on any atom is -0.397 e. The second kappa shape index (κ2) is 7.29. The number of carbonyl (C=O) groups is 1. The SMILES string of the molecule is Nc1ccccc1NC(=O)c1ccc(CC2CCNCC2)cc1. The van der Waals surface area contributed by atoms with E-state index in [1.807, 2.05) is 24.3 Å². The van der Waals surface area contributed by atoms with Crippen LogP contribution < -0.4 is 16.4 Å². The standard InChI is InChI=1S/C19H23N3O/c20-17-3-1-2-4-18(17)22-19(23)16-7-5-14(6-8-16)13-15-9-11-21-12-10-15/h1-8,15,21H,9-13,20H2,(H,22,23). The predicted octanol–water partition coefficient (Wildman–Crippen LogP) is 3.06. The molecule has 3 rings (SSSR count). The molecule has 1 saturated heterocycles. The summed E-state index contributed by atoms with van der Waals surface area (Å²) in [7, 11) is 0. The minimum absolute atomic E-state index is 0.128. The number of benzene rings is 2. The van der Waals surface area contributed by atoms with Gasteiger partial charge in [-0.2, -0.15) is 0 Å². The molecule has 0 bridgehead atoms. The van der Waals surface area contributed by atoms with Gasteiger partial charge in [0.15, 0.2) is 0 Å². The summed E-state index contributed by atoms with van der Waals surface area (Å²) in [5, 5.41) is 6.24. The van der Waals surface area contributed by atoms with Gasteiger partial charge in [0.2, 0.25) is 0 Å². The van der Waals surface area contributed by atoms with Crippen LogP contribution in [0.25, 0.3) is 0 Å². The Morgan fingerprint density at radius 1 is 1.09 bits per heavy atom. The zero-order valence-corrected chi connectivity index (χ0v) is 13.2. The summed E-state index contributed by atoms with van der Waals surface area (Å²) in [6.07, 6.45) is 3.56. The fourth-order valence-electron chi connectivity index (χ4n) is 3.02. The number of hydrogen-bond donors (Lipinski definition) is 3. The summed E-state index contributed by atoms with van der Waals surface area (Å²) >= 11 is 0. The van der Waals surface area contributed by atoms with Gasteiger partial charge in [0.25, 0.3) is 5.91 Å². The molecule has 0 saturated carbocycles. The number of para-hydroxylation sites is 2. The van der Waals surface area contributed by atoms with E-state index in [2.05, 4.69) is 22.8 Å². The molecule has 0 radical (unpaired) electrons. The molecule has 0 spiro atoms. The number of piperidine rings is 1. The van der Waals surface area contributed by atoms with Crippen LogP contribution in [0.4, 0.5) is 11.4 Å². The first-order valence-electron chi connectivity index (χ1n) is 8.18. The lowest BCUT2D eigenvalue weighted by Crippen LogP contribution is -2.28. The molecule has 0 aromatic heterocycles. The molecule has 1 amide bonds. The summed E-state index contributed by atoms with van der Waals surface area (Å²) in [6, 6.07) is 15.2. The van der Waals surface area contributed by atoms with Crippen molar-refractivity contribution in [2.45, 2.75) is 19.3 Å². The molecule has 0 atom stereocenters. The molecule has 4 nitrogen and oxygen atoms in total. The monoisotopic (exact) mass is 309 g/mol. The normalized spacial score (nSPS) is 15.3. The second-order valence-corrected chi connectivity index (χ2v) is 6.14. The number of nitrogens with one attached hydrogen (secondary N) is 2. The van der Waals surface area contributed by atoms with Crippen LogP contribution >= 0.6 is 0 Å². The van der Waals surface area contributed by atoms with Gasteiger partial charge in [-0.15, -0.1) is 0 Å². The van der Waals surface area contributed by atoms with Crippen molar-refractivity contribution in [1.82, 2.24) is 5.32 Å². The number of hydrogen-bond acceptors (Lipinski definition) is 3. The summed E-state index contributed by atoms with van der Waals surface area (Å²) < 4.78 is 0. The van der Waals surface area contributed by atoms with Crippen LogP contribution in [0.3, 0.4) is 0 Å². The Kier molecular flexibility index (Phi) is 4.93. The molecule has 1 aliphatic rings. The van der Waals surface area contributed by atoms with Crippen molar-refractivity contribution in [3.05, 3.63) is 59.7 Å². The van der Waals surface area contributed by atoms with Crippen LogP contribution in [-0.2, 0) is 6.42 Å². The Balaban J connectivity index is 1.62. The van der Waals surface area contributed by atoms with Crippen molar-refractivity contribution in [2.75, 3.05) is 24.1 Å². The van der Waals surface area contributed by atoms with Crippen molar-refractivity contribution >= 4 is 17.3 Å². The third-order valence-corrected chi connectivity index (χ3v) is 4.41. The average molecular weight is 309 g/mol. The van der Waals surface area contributed by atoms with Gasteiger partial charge in [-0.25, -0.2) is 0 Å². The molecule has 4 heteroatoms. The molecule has 1 fully saturated rings. The van der Waals surface area contributed by atoms with E-state index in [0.29, 0.717) is 16.9 Å². The van der Waals surface area contributed by atoms with Crippen LogP contribution in [0.15, 0.2) is 48.5 Å². The van der Waals surface area contributed by atoms with E-state index in [4.69, 9.17) is 5.73 Å². The second-order valence-electron chi connectivity index (χ2n) is 6.14. The molecule has 0 unspecified atom stereocenters. The summed E-state index contributed by atoms with van der Waals surface area (Å²) in [6.45, 7) is 2.23. The fourth-order valence-corrected chi connectivity index (χ4v) is 3.02. The number of amides is 1. The van der Waals surface area contributed by atoms with Crippen molar-refractivity contribution in [1.29, 1.82) is 0 Å². The third kappa shape index (κ3) is 4.11. The highest BCUT2D eigenvalue weighted by Crippen LogP contribution is 2.20. The number of anilines is 2. The van der Waals surface area contributed by atoms with Crippen molar-refractivity contribution in [3.8, 4) is 0 Å². The first-order chi connectivity index (χ1) is 11.2. The molecule has 0 aliphatic carbocycles. The van der Waals surface area contributed by atoms with Crippen molar-refractivity contribution in [3.63, 3.8) is 0 Å². The topological polar surface area (TPSA) is 67.1 Å².